The van der Waals surface area contributed by atoms with Crippen molar-refractivity contribution in [1.82, 2.24) is 0 Å². The summed E-state index contributed by atoms with van der Waals surface area (Å²) in [6.07, 6.45) is -0.00672. The molecule has 0 saturated carbocycles. The van der Waals surface area contributed by atoms with Crippen LogP contribution in [0.3, 0.4) is 0 Å². The molecule has 2 rings (SSSR count). The van der Waals surface area contributed by atoms with Crippen LogP contribution in [0.25, 0.3) is 0 Å². The molecule has 1 heterocycles. The van der Waals surface area contributed by atoms with Gasteiger partial charge in [-0.3, -0.25) is 9.59 Å². The molecule has 1 amide bonds. The molecule has 0 saturated heterocycles. The van der Waals surface area contributed by atoms with Crippen molar-refractivity contribution >= 4 is 33.3 Å². The Balaban J connectivity index is 2.23. The maximum atomic E-state index is 11.8. The van der Waals surface area contributed by atoms with Crippen molar-refractivity contribution in [2.45, 2.75) is 23.8 Å². The molecule has 8 nitrogen and oxygen atoms in total. The van der Waals surface area contributed by atoms with Gasteiger partial charge in [-0.2, -0.15) is 0 Å². The molecule has 0 fully saturated rings. The number of aliphatic carboxylic acids is 1. The van der Waals surface area contributed by atoms with Crippen LogP contribution in [0.4, 0.5) is 11.4 Å². The minimum atomic E-state index is -3.85. The Hall–Kier alpha value is -2.13. The Morgan fingerprint density at radius 2 is 2.05 bits per heavy atom. The second-order valence-corrected chi connectivity index (χ2v) is 5.93. The van der Waals surface area contributed by atoms with E-state index in [1.54, 1.807) is 0 Å². The molecule has 0 spiro atoms. The van der Waals surface area contributed by atoms with Crippen molar-refractivity contribution in [3.63, 3.8) is 0 Å². The number of nitrogens with one attached hydrogen (secondary N) is 2. The first-order valence-corrected chi connectivity index (χ1v) is 7.28. The molecule has 1 aliphatic heterocycles. The summed E-state index contributed by atoms with van der Waals surface area (Å²) in [5.74, 6) is -1.40. The smallest absolute Gasteiger partial charge is 0.303 e. The molecule has 1 unspecified atom stereocenters. The lowest BCUT2D eigenvalue weighted by molar-refractivity contribution is -0.137. The number of carbonyl (C=O) groups excluding carboxylic acids is 1. The van der Waals surface area contributed by atoms with Crippen LogP contribution in [0, 0.1) is 0 Å². The topological polar surface area (TPSA) is 139 Å². The van der Waals surface area contributed by atoms with Gasteiger partial charge >= 0.3 is 5.97 Å². The lowest BCUT2D eigenvalue weighted by Gasteiger charge is -2.26. The second kappa shape index (κ2) is 5.10. The zero-order chi connectivity index (χ0) is 14.9. The van der Waals surface area contributed by atoms with Crippen LogP contribution in [0.1, 0.15) is 12.8 Å². The summed E-state index contributed by atoms with van der Waals surface area (Å²) in [6.45, 7) is 0. The lowest BCUT2D eigenvalue weighted by atomic mass is 10.1. The third kappa shape index (κ3) is 3.06. The highest BCUT2D eigenvalue weighted by Crippen LogP contribution is 2.29. The van der Waals surface area contributed by atoms with Gasteiger partial charge in [-0.1, -0.05) is 0 Å². The minimum absolute atomic E-state index is 0.109. The Labute approximate surface area is 115 Å². The number of sulfonamides is 1. The molecule has 1 aromatic rings. The summed E-state index contributed by atoms with van der Waals surface area (Å²) in [4.78, 5) is 22.2. The molecule has 1 aromatic carbocycles. The first-order chi connectivity index (χ1) is 9.27. The highest BCUT2D eigenvalue weighted by atomic mass is 32.2. The standard InChI is InChI=1S/C11H13N3O5S/c12-20(18,19)6-1-2-7-9(5-6)14-11(17)8(13-7)3-4-10(15)16/h1-2,5,8,13H,3-4H2,(H,14,17)(H,15,16)(H2,12,18,19). The molecule has 1 aliphatic rings. The van der Waals surface area contributed by atoms with Crippen LogP contribution in [-0.2, 0) is 19.6 Å². The van der Waals surface area contributed by atoms with Crippen molar-refractivity contribution in [3.8, 4) is 0 Å². The van der Waals surface area contributed by atoms with Gasteiger partial charge in [-0.25, -0.2) is 13.6 Å². The van der Waals surface area contributed by atoms with Gasteiger partial charge in [0.15, 0.2) is 0 Å². The normalized spacial score (nSPS) is 17.9. The fourth-order valence-corrected chi connectivity index (χ4v) is 2.41. The number of carboxylic acids is 1. The predicted molar refractivity (Wildman–Crippen MR) is 70.7 cm³/mol. The number of carboxylic acid groups (broad SMARTS) is 1. The van der Waals surface area contributed by atoms with E-state index in [1.165, 1.54) is 18.2 Å². The van der Waals surface area contributed by atoms with Gasteiger partial charge in [0.05, 0.1) is 16.3 Å². The van der Waals surface area contributed by atoms with Gasteiger partial charge in [0.1, 0.15) is 6.04 Å². The lowest BCUT2D eigenvalue weighted by Crippen LogP contribution is -2.39. The number of hydrogen-bond acceptors (Lipinski definition) is 5. The number of benzene rings is 1. The maximum absolute atomic E-state index is 11.8. The molecule has 5 N–H and O–H groups in total. The Morgan fingerprint density at radius 3 is 2.65 bits per heavy atom. The van der Waals surface area contributed by atoms with Crippen molar-refractivity contribution in [1.29, 1.82) is 0 Å². The minimum Gasteiger partial charge on any atom is -0.481 e. The number of primary sulfonamides is 1. The average molecular weight is 299 g/mol. The first-order valence-electron chi connectivity index (χ1n) is 5.73. The van der Waals surface area contributed by atoms with Crippen molar-refractivity contribution in [2.24, 2.45) is 5.14 Å². The molecule has 9 heteroatoms. The van der Waals surface area contributed by atoms with E-state index in [1.807, 2.05) is 0 Å². The number of nitrogens with two attached hydrogens (primary N) is 1. The van der Waals surface area contributed by atoms with Crippen LogP contribution in [-0.4, -0.2) is 31.4 Å². The van der Waals surface area contributed by atoms with Gasteiger partial charge in [0.2, 0.25) is 15.9 Å². The van der Waals surface area contributed by atoms with E-state index < -0.39 is 27.9 Å². The highest BCUT2D eigenvalue weighted by molar-refractivity contribution is 7.89. The molecule has 0 aromatic heterocycles. The maximum Gasteiger partial charge on any atom is 0.303 e. The van der Waals surface area contributed by atoms with Crippen LogP contribution < -0.4 is 15.8 Å². The quantitative estimate of drug-likeness (QED) is 0.614. The molecule has 108 valence electrons. The molecular formula is C11H13N3O5S. The summed E-state index contributed by atoms with van der Waals surface area (Å²) in [5.41, 5.74) is 0.820. The number of anilines is 2. The fraction of sp³-hybridized carbons (Fsp3) is 0.273. The van der Waals surface area contributed by atoms with Crippen LogP contribution >= 0.6 is 0 Å². The number of hydrogen-bond donors (Lipinski definition) is 4. The third-order valence-electron chi connectivity index (χ3n) is 2.87. The average Bonchev–Trinajstić information content (AvgIpc) is 2.34. The van der Waals surface area contributed by atoms with E-state index >= 15 is 0 Å². The van der Waals surface area contributed by atoms with E-state index in [2.05, 4.69) is 10.6 Å². The van der Waals surface area contributed by atoms with Crippen molar-refractivity contribution < 1.29 is 23.1 Å². The number of carbonyl (C=O) groups is 2. The fourth-order valence-electron chi connectivity index (χ4n) is 1.87. The van der Waals surface area contributed by atoms with Gasteiger partial charge in [-0.05, 0) is 24.6 Å². The predicted octanol–water partition coefficient (Wildman–Crippen LogP) is -0.0686. The van der Waals surface area contributed by atoms with E-state index in [0.29, 0.717) is 11.4 Å². The third-order valence-corrected chi connectivity index (χ3v) is 3.78. The zero-order valence-electron chi connectivity index (χ0n) is 10.3. The number of fused-ring (bicyclic) bond motifs is 1. The highest BCUT2D eigenvalue weighted by Gasteiger charge is 2.26. The molecule has 1 atom stereocenters. The summed E-state index contributed by atoms with van der Waals surface area (Å²) in [5, 5.41) is 19.0. The Bertz CT molecular complexity index is 671. The zero-order valence-corrected chi connectivity index (χ0v) is 11.1. The molecule has 0 bridgehead atoms. The van der Waals surface area contributed by atoms with Gasteiger partial charge in [0, 0.05) is 6.42 Å². The first kappa shape index (κ1) is 14.3. The number of amides is 1. The van der Waals surface area contributed by atoms with Crippen LogP contribution in [0.15, 0.2) is 23.1 Å². The van der Waals surface area contributed by atoms with Gasteiger partial charge in [0.25, 0.3) is 0 Å². The Morgan fingerprint density at radius 1 is 1.35 bits per heavy atom. The van der Waals surface area contributed by atoms with Crippen molar-refractivity contribution in [2.75, 3.05) is 10.6 Å². The van der Waals surface area contributed by atoms with E-state index in [-0.39, 0.29) is 17.7 Å². The SMILES string of the molecule is NS(=O)(=O)c1ccc2c(c1)NC(=O)C(CCC(=O)O)N2. The van der Waals surface area contributed by atoms with E-state index in [9.17, 15) is 18.0 Å². The summed E-state index contributed by atoms with van der Waals surface area (Å²) in [6, 6.07) is 3.37. The van der Waals surface area contributed by atoms with Gasteiger partial charge < -0.3 is 15.7 Å². The van der Waals surface area contributed by atoms with Crippen molar-refractivity contribution in [3.05, 3.63) is 18.2 Å². The van der Waals surface area contributed by atoms with Crippen LogP contribution in [0.2, 0.25) is 0 Å². The van der Waals surface area contributed by atoms with Crippen LogP contribution in [0.5, 0.6) is 0 Å². The van der Waals surface area contributed by atoms with Gasteiger partial charge in [-0.15, -0.1) is 0 Å². The monoisotopic (exact) mass is 299 g/mol. The summed E-state index contributed by atoms with van der Waals surface area (Å²) < 4.78 is 22.4. The molecule has 0 aliphatic carbocycles. The summed E-state index contributed by atoms with van der Waals surface area (Å²) in [7, 11) is -3.85. The van der Waals surface area contributed by atoms with E-state index in [0.717, 1.165) is 0 Å². The number of rotatable bonds is 4. The molecule has 20 heavy (non-hydrogen) atoms. The largest absolute Gasteiger partial charge is 0.481 e. The second-order valence-electron chi connectivity index (χ2n) is 4.37. The molecular weight excluding hydrogens is 286 g/mol. The Kier molecular flexibility index (Phi) is 3.64. The summed E-state index contributed by atoms with van der Waals surface area (Å²) >= 11 is 0. The van der Waals surface area contributed by atoms with E-state index in [4.69, 9.17) is 10.2 Å². The molecule has 0 radical (unpaired) electrons.